The fourth-order valence-corrected chi connectivity index (χ4v) is 10.1. The molecular formula is C27H33BO6S2. The van der Waals surface area contributed by atoms with Gasteiger partial charge in [0, 0.05) is 6.42 Å². The molecule has 192 valence electrons. The Hall–Kier alpha value is -2.20. The van der Waals surface area contributed by atoms with Crippen molar-refractivity contribution in [2.45, 2.75) is 72.5 Å². The molecule has 2 aromatic carbocycles. The molecule has 1 saturated heterocycles. The van der Waals surface area contributed by atoms with E-state index in [1.807, 2.05) is 34.6 Å². The molecule has 0 spiro atoms. The van der Waals surface area contributed by atoms with Crippen molar-refractivity contribution in [2.75, 3.05) is 0 Å². The molecule has 6 nitrogen and oxygen atoms in total. The van der Waals surface area contributed by atoms with Crippen LogP contribution in [0.4, 0.5) is 0 Å². The molecule has 9 heteroatoms. The molecule has 0 N–H and O–H groups in total. The molecule has 2 aromatic rings. The number of rotatable bonds is 6. The summed E-state index contributed by atoms with van der Waals surface area (Å²) < 4.78 is 67.3. The minimum Gasteiger partial charge on any atom is -0.400 e. The van der Waals surface area contributed by atoms with Crippen LogP contribution in [0.25, 0.3) is 0 Å². The Morgan fingerprint density at radius 1 is 0.861 bits per heavy atom. The van der Waals surface area contributed by atoms with Crippen LogP contribution in [0.2, 0.25) is 0 Å². The van der Waals surface area contributed by atoms with Gasteiger partial charge in [-0.1, -0.05) is 48.0 Å². The Kier molecular flexibility index (Phi) is 6.70. The van der Waals surface area contributed by atoms with Crippen molar-refractivity contribution in [3.8, 4) is 0 Å². The molecule has 0 unspecified atom stereocenters. The Morgan fingerprint density at radius 2 is 1.28 bits per heavy atom. The second kappa shape index (κ2) is 8.98. The molecular weight excluding hydrogens is 495 g/mol. The average Bonchev–Trinajstić information content (AvgIpc) is 3.35. The fraction of sp³-hybridized carbons (Fsp3) is 0.407. The normalized spacial score (nSPS) is 24.5. The number of hydrogen-bond donors (Lipinski definition) is 0. The zero-order valence-corrected chi connectivity index (χ0v) is 23.0. The first-order valence-corrected chi connectivity index (χ1v) is 14.9. The SMILES string of the molecule is C=C[C@@H]1CC(S(=O)(=O)c2ccccc2)(S(=O)(=O)c2ccccc2)C/C1=C(\C)B1OC(C)(C)C(C)(C)O1. The van der Waals surface area contributed by atoms with Crippen molar-refractivity contribution in [1.82, 2.24) is 0 Å². The predicted molar refractivity (Wildman–Crippen MR) is 142 cm³/mol. The van der Waals surface area contributed by atoms with E-state index >= 15 is 0 Å². The molecule has 2 aliphatic rings. The summed E-state index contributed by atoms with van der Waals surface area (Å²) >= 11 is 0. The predicted octanol–water partition coefficient (Wildman–Crippen LogP) is 5.17. The number of allylic oxidation sites excluding steroid dienone is 3. The van der Waals surface area contributed by atoms with Gasteiger partial charge in [0.15, 0.2) is 23.8 Å². The van der Waals surface area contributed by atoms with Crippen molar-refractivity contribution in [3.05, 3.63) is 84.4 Å². The third-order valence-corrected chi connectivity index (χ3v) is 13.6. The molecule has 1 saturated carbocycles. The Bertz CT molecular complexity index is 1310. The molecule has 0 bridgehead atoms. The van der Waals surface area contributed by atoms with E-state index in [1.54, 1.807) is 42.5 Å². The minimum absolute atomic E-state index is 0.0261. The van der Waals surface area contributed by atoms with E-state index < -0.39 is 48.0 Å². The molecule has 36 heavy (non-hydrogen) atoms. The lowest BCUT2D eigenvalue weighted by Crippen LogP contribution is -2.44. The first-order valence-electron chi connectivity index (χ1n) is 12.0. The summed E-state index contributed by atoms with van der Waals surface area (Å²) in [6.07, 6.45) is 1.29. The Morgan fingerprint density at radius 3 is 1.67 bits per heavy atom. The smallest absolute Gasteiger partial charge is 0.400 e. The molecule has 1 atom stereocenters. The van der Waals surface area contributed by atoms with E-state index in [0.29, 0.717) is 11.0 Å². The third-order valence-electron chi connectivity index (χ3n) is 7.92. The highest BCUT2D eigenvalue weighted by Gasteiger charge is 2.62. The van der Waals surface area contributed by atoms with Gasteiger partial charge in [-0.2, -0.15) is 0 Å². The molecule has 4 rings (SSSR count). The van der Waals surface area contributed by atoms with Gasteiger partial charge in [-0.05, 0) is 76.7 Å². The molecule has 0 radical (unpaired) electrons. The van der Waals surface area contributed by atoms with Crippen molar-refractivity contribution >= 4 is 26.8 Å². The van der Waals surface area contributed by atoms with E-state index in [4.69, 9.17) is 9.31 Å². The van der Waals surface area contributed by atoms with Crippen LogP contribution in [-0.2, 0) is 29.0 Å². The molecule has 0 amide bonds. The van der Waals surface area contributed by atoms with Gasteiger partial charge in [0.2, 0.25) is 0 Å². The van der Waals surface area contributed by atoms with Crippen LogP contribution in [0.3, 0.4) is 0 Å². The van der Waals surface area contributed by atoms with Gasteiger partial charge in [-0.25, -0.2) is 16.8 Å². The average molecular weight is 529 g/mol. The van der Waals surface area contributed by atoms with Crippen molar-refractivity contribution in [1.29, 1.82) is 0 Å². The van der Waals surface area contributed by atoms with E-state index in [-0.39, 0.29) is 22.6 Å². The summed E-state index contributed by atoms with van der Waals surface area (Å²) in [5, 5.41) is 0. The molecule has 0 aromatic heterocycles. The maximum absolute atomic E-state index is 14.2. The van der Waals surface area contributed by atoms with Gasteiger partial charge in [-0.3, -0.25) is 0 Å². The van der Waals surface area contributed by atoms with Gasteiger partial charge >= 0.3 is 7.12 Å². The second-order valence-corrected chi connectivity index (χ2v) is 15.3. The summed E-state index contributed by atoms with van der Waals surface area (Å²) in [5.74, 6) is -0.485. The Balaban J connectivity index is 1.93. The summed E-state index contributed by atoms with van der Waals surface area (Å²) in [6.45, 7) is 13.5. The van der Waals surface area contributed by atoms with Crippen LogP contribution in [-0.4, -0.2) is 39.2 Å². The van der Waals surface area contributed by atoms with Crippen molar-refractivity contribution < 1.29 is 26.1 Å². The van der Waals surface area contributed by atoms with Crippen LogP contribution < -0.4 is 0 Å². The van der Waals surface area contributed by atoms with E-state index in [1.165, 1.54) is 24.3 Å². The maximum Gasteiger partial charge on any atom is 0.490 e. The summed E-state index contributed by atoms with van der Waals surface area (Å²) in [6, 6.07) is 15.6. The lowest BCUT2D eigenvalue weighted by molar-refractivity contribution is 0.00578. The molecule has 2 fully saturated rings. The van der Waals surface area contributed by atoms with Crippen LogP contribution in [0.5, 0.6) is 0 Å². The van der Waals surface area contributed by atoms with Crippen LogP contribution in [0.15, 0.2) is 94.2 Å². The summed E-state index contributed by atoms with van der Waals surface area (Å²) in [4.78, 5) is -0.0521. The highest BCUT2D eigenvalue weighted by Crippen LogP contribution is 2.53. The fourth-order valence-electron chi connectivity index (χ4n) is 4.96. The van der Waals surface area contributed by atoms with Crippen molar-refractivity contribution in [2.24, 2.45) is 5.92 Å². The van der Waals surface area contributed by atoms with Crippen LogP contribution in [0.1, 0.15) is 47.5 Å². The monoisotopic (exact) mass is 528 g/mol. The van der Waals surface area contributed by atoms with Gasteiger partial charge in [0.25, 0.3) is 0 Å². The zero-order chi connectivity index (χ0) is 26.6. The number of hydrogen-bond acceptors (Lipinski definition) is 6. The van der Waals surface area contributed by atoms with Gasteiger partial charge in [0.1, 0.15) is 0 Å². The highest BCUT2D eigenvalue weighted by molar-refractivity contribution is 8.10. The molecule has 1 heterocycles. The van der Waals surface area contributed by atoms with E-state index in [2.05, 4.69) is 6.58 Å². The van der Waals surface area contributed by atoms with Crippen molar-refractivity contribution in [3.63, 3.8) is 0 Å². The first-order chi connectivity index (χ1) is 16.7. The number of sulfone groups is 2. The van der Waals surface area contributed by atoms with E-state index in [0.717, 1.165) is 0 Å². The number of benzene rings is 2. The van der Waals surface area contributed by atoms with Gasteiger partial charge in [-0.15, -0.1) is 6.58 Å². The maximum atomic E-state index is 14.2. The molecule has 1 aliphatic heterocycles. The lowest BCUT2D eigenvalue weighted by atomic mass is 9.74. The Labute approximate surface area is 215 Å². The van der Waals surface area contributed by atoms with Crippen LogP contribution in [0, 0.1) is 5.92 Å². The highest BCUT2D eigenvalue weighted by atomic mass is 32.3. The van der Waals surface area contributed by atoms with Gasteiger partial charge < -0.3 is 9.31 Å². The summed E-state index contributed by atoms with van der Waals surface area (Å²) in [7, 11) is -9.39. The largest absolute Gasteiger partial charge is 0.490 e. The second-order valence-electron chi connectivity index (χ2n) is 10.6. The van der Waals surface area contributed by atoms with Gasteiger partial charge in [0.05, 0.1) is 21.0 Å². The molecule has 1 aliphatic carbocycles. The third kappa shape index (κ3) is 4.01. The van der Waals surface area contributed by atoms with E-state index in [9.17, 15) is 16.8 Å². The van der Waals surface area contributed by atoms with Crippen LogP contribution >= 0.6 is 0 Å². The zero-order valence-electron chi connectivity index (χ0n) is 21.4. The summed E-state index contributed by atoms with van der Waals surface area (Å²) in [5.41, 5.74) is 0.172. The quantitative estimate of drug-likeness (QED) is 0.380. The minimum atomic E-state index is -4.34. The standard InChI is InChI=1S/C27H33BO6S2/c1-7-21-18-27(35(29,30)22-14-10-8-11-15-22,36(31,32)23-16-12-9-13-17-23)19-24(21)20(2)28-33-25(3,4)26(5,6)34-28/h7-17,21H,1,18-19H2,2-6H3/b24-20-/t21-/m1/s1. The first kappa shape index (κ1) is 26.9. The lowest BCUT2D eigenvalue weighted by Gasteiger charge is -2.32. The topological polar surface area (TPSA) is 86.7 Å².